The first-order chi connectivity index (χ1) is 12.1. The zero-order chi connectivity index (χ0) is 18.1. The lowest BCUT2D eigenvalue weighted by Gasteiger charge is -2.27. The Hall–Kier alpha value is -2.30. The predicted molar refractivity (Wildman–Crippen MR) is 98.4 cm³/mol. The van der Waals surface area contributed by atoms with Crippen LogP contribution in [0.3, 0.4) is 0 Å². The maximum absolute atomic E-state index is 12.3. The SMILES string of the molecule is C=CCNC(=O)C1CCC(C(=O)NCCc2cccc(OC)c2)CC1. The number of amides is 2. The number of benzene rings is 1. The Morgan fingerprint density at radius 3 is 2.40 bits per heavy atom. The van der Waals surface area contributed by atoms with E-state index < -0.39 is 0 Å². The monoisotopic (exact) mass is 344 g/mol. The largest absolute Gasteiger partial charge is 0.497 e. The number of rotatable bonds is 8. The van der Waals surface area contributed by atoms with Crippen molar-refractivity contribution in [2.45, 2.75) is 32.1 Å². The molecule has 2 rings (SSSR count). The lowest BCUT2D eigenvalue weighted by atomic mass is 9.81. The van der Waals surface area contributed by atoms with Crippen molar-refractivity contribution in [2.75, 3.05) is 20.2 Å². The van der Waals surface area contributed by atoms with Gasteiger partial charge in [0, 0.05) is 24.9 Å². The van der Waals surface area contributed by atoms with Gasteiger partial charge in [-0.3, -0.25) is 9.59 Å². The Balaban J connectivity index is 1.70. The highest BCUT2D eigenvalue weighted by atomic mass is 16.5. The molecule has 1 fully saturated rings. The maximum atomic E-state index is 12.3. The molecule has 25 heavy (non-hydrogen) atoms. The van der Waals surface area contributed by atoms with Gasteiger partial charge in [0.15, 0.2) is 0 Å². The molecule has 0 aromatic heterocycles. The number of nitrogens with one attached hydrogen (secondary N) is 2. The fourth-order valence-corrected chi connectivity index (χ4v) is 3.24. The molecule has 2 N–H and O–H groups in total. The van der Waals surface area contributed by atoms with E-state index in [0.717, 1.165) is 43.4 Å². The number of hydrogen-bond acceptors (Lipinski definition) is 3. The fourth-order valence-electron chi connectivity index (χ4n) is 3.24. The van der Waals surface area contributed by atoms with Crippen molar-refractivity contribution in [1.82, 2.24) is 10.6 Å². The van der Waals surface area contributed by atoms with Gasteiger partial charge < -0.3 is 15.4 Å². The van der Waals surface area contributed by atoms with E-state index in [2.05, 4.69) is 17.2 Å². The van der Waals surface area contributed by atoms with E-state index in [4.69, 9.17) is 4.74 Å². The van der Waals surface area contributed by atoms with Crippen LogP contribution in [0.2, 0.25) is 0 Å². The minimum Gasteiger partial charge on any atom is -0.497 e. The van der Waals surface area contributed by atoms with Gasteiger partial charge in [0.2, 0.25) is 11.8 Å². The van der Waals surface area contributed by atoms with Crippen molar-refractivity contribution in [2.24, 2.45) is 11.8 Å². The number of ether oxygens (including phenoxy) is 1. The molecule has 0 bridgehead atoms. The quantitative estimate of drug-likeness (QED) is 0.712. The third-order valence-corrected chi connectivity index (χ3v) is 4.74. The molecule has 1 saturated carbocycles. The van der Waals surface area contributed by atoms with Gasteiger partial charge in [-0.1, -0.05) is 18.2 Å². The third kappa shape index (κ3) is 5.93. The summed E-state index contributed by atoms with van der Waals surface area (Å²) in [5.74, 6) is 1.07. The molecule has 136 valence electrons. The Labute approximate surface area is 149 Å². The van der Waals surface area contributed by atoms with Gasteiger partial charge in [0.05, 0.1) is 7.11 Å². The van der Waals surface area contributed by atoms with Crippen molar-refractivity contribution < 1.29 is 14.3 Å². The molecular weight excluding hydrogens is 316 g/mol. The normalized spacial score (nSPS) is 19.7. The molecule has 5 heteroatoms. The van der Waals surface area contributed by atoms with Crippen LogP contribution in [0, 0.1) is 11.8 Å². The minimum absolute atomic E-state index is 0.0220. The van der Waals surface area contributed by atoms with Gasteiger partial charge >= 0.3 is 0 Å². The predicted octanol–water partition coefficient (Wildman–Crippen LogP) is 2.46. The smallest absolute Gasteiger partial charge is 0.223 e. The number of methoxy groups -OCH3 is 1. The number of carbonyl (C=O) groups excluding carboxylic acids is 2. The molecule has 0 radical (unpaired) electrons. The molecule has 0 unspecified atom stereocenters. The fraction of sp³-hybridized carbons (Fsp3) is 0.500. The van der Waals surface area contributed by atoms with E-state index in [0.29, 0.717) is 13.1 Å². The summed E-state index contributed by atoms with van der Waals surface area (Å²) in [5, 5.41) is 5.86. The van der Waals surface area contributed by atoms with Crippen molar-refractivity contribution in [3.63, 3.8) is 0 Å². The van der Waals surface area contributed by atoms with Crippen LogP contribution in [0.1, 0.15) is 31.2 Å². The summed E-state index contributed by atoms with van der Waals surface area (Å²) in [4.78, 5) is 24.3. The van der Waals surface area contributed by atoms with Gasteiger partial charge in [0.25, 0.3) is 0 Å². The van der Waals surface area contributed by atoms with Crippen LogP contribution in [0.5, 0.6) is 5.75 Å². The average Bonchev–Trinajstić information content (AvgIpc) is 2.66. The highest BCUT2D eigenvalue weighted by molar-refractivity contribution is 5.81. The van der Waals surface area contributed by atoms with Crippen LogP contribution < -0.4 is 15.4 Å². The number of hydrogen-bond donors (Lipinski definition) is 2. The highest BCUT2D eigenvalue weighted by Crippen LogP contribution is 2.29. The zero-order valence-electron chi connectivity index (χ0n) is 14.9. The van der Waals surface area contributed by atoms with Crippen LogP contribution in [-0.2, 0) is 16.0 Å². The molecule has 1 aliphatic carbocycles. The molecule has 0 aliphatic heterocycles. The van der Waals surface area contributed by atoms with Gasteiger partial charge in [-0.15, -0.1) is 6.58 Å². The summed E-state index contributed by atoms with van der Waals surface area (Å²) < 4.78 is 5.21. The van der Waals surface area contributed by atoms with Crippen LogP contribution >= 0.6 is 0 Å². The summed E-state index contributed by atoms with van der Waals surface area (Å²) in [5.41, 5.74) is 1.14. The van der Waals surface area contributed by atoms with E-state index >= 15 is 0 Å². The van der Waals surface area contributed by atoms with Gasteiger partial charge in [-0.2, -0.15) is 0 Å². The molecule has 1 aliphatic rings. The lowest BCUT2D eigenvalue weighted by Crippen LogP contribution is -2.38. The van der Waals surface area contributed by atoms with Crippen LogP contribution in [0.4, 0.5) is 0 Å². The lowest BCUT2D eigenvalue weighted by molar-refractivity contribution is -0.130. The molecule has 0 spiro atoms. The summed E-state index contributed by atoms with van der Waals surface area (Å²) in [7, 11) is 1.65. The van der Waals surface area contributed by atoms with E-state index in [9.17, 15) is 9.59 Å². The molecule has 5 nitrogen and oxygen atoms in total. The van der Waals surface area contributed by atoms with E-state index in [1.54, 1.807) is 13.2 Å². The first-order valence-corrected chi connectivity index (χ1v) is 8.93. The molecule has 2 amide bonds. The molecule has 0 heterocycles. The van der Waals surface area contributed by atoms with Crippen LogP contribution in [0.25, 0.3) is 0 Å². The first-order valence-electron chi connectivity index (χ1n) is 8.93. The van der Waals surface area contributed by atoms with Crippen LogP contribution in [-0.4, -0.2) is 32.0 Å². The standard InChI is InChI=1S/C20H28N2O3/c1-3-12-21-19(23)16-7-9-17(10-8-16)20(24)22-13-11-15-5-4-6-18(14-15)25-2/h3-6,14,16-17H,1,7-13H2,2H3,(H,21,23)(H,22,24). The Kier molecular flexibility index (Phi) is 7.51. The topological polar surface area (TPSA) is 67.4 Å². The summed E-state index contributed by atoms with van der Waals surface area (Å²) in [6.07, 6.45) is 5.56. The van der Waals surface area contributed by atoms with Crippen molar-refractivity contribution in [3.8, 4) is 5.75 Å². The maximum Gasteiger partial charge on any atom is 0.223 e. The number of carbonyl (C=O) groups is 2. The molecule has 0 atom stereocenters. The second-order valence-corrected chi connectivity index (χ2v) is 6.47. The molecular formula is C20H28N2O3. The molecule has 1 aromatic rings. The van der Waals surface area contributed by atoms with Gasteiger partial charge in [-0.05, 0) is 49.8 Å². The third-order valence-electron chi connectivity index (χ3n) is 4.74. The van der Waals surface area contributed by atoms with E-state index in [1.165, 1.54) is 0 Å². The molecule has 0 saturated heterocycles. The Bertz CT molecular complexity index is 592. The Morgan fingerprint density at radius 1 is 1.16 bits per heavy atom. The first kappa shape index (κ1) is 19.0. The molecule has 1 aromatic carbocycles. The summed E-state index contributed by atoms with van der Waals surface area (Å²) in [6, 6.07) is 7.88. The van der Waals surface area contributed by atoms with E-state index in [1.807, 2.05) is 24.3 Å². The van der Waals surface area contributed by atoms with Crippen molar-refractivity contribution in [3.05, 3.63) is 42.5 Å². The van der Waals surface area contributed by atoms with Gasteiger partial charge in [0.1, 0.15) is 5.75 Å². The van der Waals surface area contributed by atoms with Crippen molar-refractivity contribution in [1.29, 1.82) is 0 Å². The van der Waals surface area contributed by atoms with E-state index in [-0.39, 0.29) is 23.7 Å². The second-order valence-electron chi connectivity index (χ2n) is 6.47. The average molecular weight is 344 g/mol. The van der Waals surface area contributed by atoms with Crippen LogP contribution in [0.15, 0.2) is 36.9 Å². The summed E-state index contributed by atoms with van der Waals surface area (Å²) >= 11 is 0. The minimum atomic E-state index is 0.0220. The summed E-state index contributed by atoms with van der Waals surface area (Å²) in [6.45, 7) is 4.72. The van der Waals surface area contributed by atoms with Crippen molar-refractivity contribution >= 4 is 11.8 Å². The highest BCUT2D eigenvalue weighted by Gasteiger charge is 2.29. The second kappa shape index (κ2) is 9.87. The van der Waals surface area contributed by atoms with Gasteiger partial charge in [-0.25, -0.2) is 0 Å². The zero-order valence-corrected chi connectivity index (χ0v) is 14.9. The Morgan fingerprint density at radius 2 is 1.80 bits per heavy atom.